The van der Waals surface area contributed by atoms with E-state index in [9.17, 15) is 4.79 Å². The summed E-state index contributed by atoms with van der Waals surface area (Å²) >= 11 is 5.97. The Morgan fingerprint density at radius 2 is 1.76 bits per heavy atom. The molecule has 0 aliphatic heterocycles. The maximum absolute atomic E-state index is 10.8. The third kappa shape index (κ3) is 4.13. The number of benzene rings is 2. The summed E-state index contributed by atoms with van der Waals surface area (Å²) < 4.78 is 11.1. The van der Waals surface area contributed by atoms with Gasteiger partial charge in [0.05, 0.1) is 10.6 Å². The monoisotopic (exact) mass is 306 g/mol. The molecule has 0 aliphatic rings. The summed E-state index contributed by atoms with van der Waals surface area (Å²) in [4.78, 5) is 10.8. The van der Waals surface area contributed by atoms with Gasteiger partial charge in [-0.1, -0.05) is 23.7 Å². The first-order valence-corrected chi connectivity index (χ1v) is 6.80. The summed E-state index contributed by atoms with van der Waals surface area (Å²) in [5.41, 5.74) is 1.01. The molecule has 4 nitrogen and oxygen atoms in total. The van der Waals surface area contributed by atoms with Crippen LogP contribution < -0.4 is 9.47 Å². The van der Waals surface area contributed by atoms with Crippen LogP contribution in [0.4, 0.5) is 0 Å². The van der Waals surface area contributed by atoms with Crippen LogP contribution in [0.5, 0.6) is 11.5 Å². The van der Waals surface area contributed by atoms with Gasteiger partial charge in [0.2, 0.25) is 0 Å². The quantitative estimate of drug-likeness (QED) is 0.825. The van der Waals surface area contributed by atoms with Crippen LogP contribution in [0.1, 0.15) is 15.9 Å². The molecule has 0 amide bonds. The summed E-state index contributed by atoms with van der Waals surface area (Å²) in [6.45, 7) is 2.50. The Morgan fingerprint density at radius 1 is 1.10 bits per heavy atom. The van der Waals surface area contributed by atoms with Crippen LogP contribution in [0, 0.1) is 6.92 Å². The fraction of sp³-hybridized carbons (Fsp3) is 0.188. The number of carboxylic acids is 1. The predicted octanol–water partition coefficient (Wildman–Crippen LogP) is 3.80. The highest BCUT2D eigenvalue weighted by molar-refractivity contribution is 6.32. The largest absolute Gasteiger partial charge is 0.490 e. The molecule has 0 spiro atoms. The van der Waals surface area contributed by atoms with E-state index < -0.39 is 5.97 Å². The molecule has 0 heterocycles. The Kier molecular flexibility index (Phi) is 5.06. The van der Waals surface area contributed by atoms with Crippen LogP contribution in [0.2, 0.25) is 5.02 Å². The molecule has 2 aromatic carbocycles. The Hall–Kier alpha value is -2.20. The second kappa shape index (κ2) is 6.99. The number of rotatable bonds is 6. The lowest BCUT2D eigenvalue weighted by atomic mass is 10.1. The van der Waals surface area contributed by atoms with E-state index in [2.05, 4.69) is 0 Å². The maximum Gasteiger partial charge on any atom is 0.335 e. The molecule has 5 heteroatoms. The second-order valence-corrected chi connectivity index (χ2v) is 4.82. The molecule has 0 aliphatic carbocycles. The number of hydrogen-bond donors (Lipinski definition) is 1. The van der Waals surface area contributed by atoms with Gasteiger partial charge in [-0.05, 0) is 42.8 Å². The standard InChI is InChI=1S/C16H15ClO4/c1-11-10-12(16(18)19)6-7-14(11)20-8-9-21-15-5-3-2-4-13(15)17/h2-7,10H,8-9H2,1H3,(H,18,19). The Labute approximate surface area is 127 Å². The van der Waals surface area contributed by atoms with Crippen molar-refractivity contribution >= 4 is 17.6 Å². The van der Waals surface area contributed by atoms with Gasteiger partial charge in [-0.15, -0.1) is 0 Å². The summed E-state index contributed by atoms with van der Waals surface area (Å²) in [6, 6.07) is 12.0. The average Bonchev–Trinajstić information content (AvgIpc) is 2.46. The molecule has 2 rings (SSSR count). The molecule has 0 fully saturated rings. The van der Waals surface area contributed by atoms with Gasteiger partial charge >= 0.3 is 5.97 Å². The van der Waals surface area contributed by atoms with E-state index in [-0.39, 0.29) is 5.56 Å². The van der Waals surface area contributed by atoms with Crippen molar-refractivity contribution in [2.45, 2.75) is 6.92 Å². The van der Waals surface area contributed by atoms with Crippen molar-refractivity contribution in [3.05, 3.63) is 58.6 Å². The smallest absolute Gasteiger partial charge is 0.335 e. The van der Waals surface area contributed by atoms with Crippen LogP contribution in [0.3, 0.4) is 0 Å². The van der Waals surface area contributed by atoms with Crippen molar-refractivity contribution in [3.63, 3.8) is 0 Å². The van der Waals surface area contributed by atoms with Crippen molar-refractivity contribution in [2.75, 3.05) is 13.2 Å². The van der Waals surface area contributed by atoms with E-state index >= 15 is 0 Å². The first-order chi connectivity index (χ1) is 10.1. The van der Waals surface area contributed by atoms with E-state index in [0.717, 1.165) is 5.56 Å². The van der Waals surface area contributed by atoms with Gasteiger partial charge in [0.25, 0.3) is 0 Å². The fourth-order valence-corrected chi connectivity index (χ4v) is 2.00. The number of hydrogen-bond acceptors (Lipinski definition) is 3. The Bertz CT molecular complexity index is 640. The summed E-state index contributed by atoms with van der Waals surface area (Å²) in [6.07, 6.45) is 0. The van der Waals surface area contributed by atoms with Crippen molar-refractivity contribution < 1.29 is 19.4 Å². The number of ether oxygens (including phenoxy) is 2. The maximum atomic E-state index is 10.8. The minimum absolute atomic E-state index is 0.243. The zero-order valence-corrected chi connectivity index (χ0v) is 12.3. The summed E-state index contributed by atoms with van der Waals surface area (Å²) in [5, 5.41) is 9.45. The van der Waals surface area contributed by atoms with Crippen LogP contribution in [-0.2, 0) is 0 Å². The molecule has 110 valence electrons. The molecule has 0 aromatic heterocycles. The zero-order chi connectivity index (χ0) is 15.2. The Morgan fingerprint density at radius 3 is 2.38 bits per heavy atom. The third-order valence-corrected chi connectivity index (χ3v) is 3.17. The van der Waals surface area contributed by atoms with E-state index in [1.165, 1.54) is 6.07 Å². The number of halogens is 1. The number of aryl methyl sites for hydroxylation is 1. The lowest BCUT2D eigenvalue weighted by molar-refractivity contribution is 0.0696. The van der Waals surface area contributed by atoms with Crippen LogP contribution in [0.25, 0.3) is 0 Å². The SMILES string of the molecule is Cc1cc(C(=O)O)ccc1OCCOc1ccccc1Cl. The van der Waals surface area contributed by atoms with Crippen LogP contribution >= 0.6 is 11.6 Å². The first kappa shape index (κ1) is 15.2. The third-order valence-electron chi connectivity index (χ3n) is 2.86. The number of carboxylic acid groups (broad SMARTS) is 1. The highest BCUT2D eigenvalue weighted by Gasteiger charge is 2.06. The molecule has 2 aromatic rings. The predicted molar refractivity (Wildman–Crippen MR) is 80.6 cm³/mol. The molecule has 0 atom stereocenters. The number of aromatic carboxylic acids is 1. The van der Waals surface area contributed by atoms with E-state index in [4.69, 9.17) is 26.2 Å². The van der Waals surface area contributed by atoms with Gasteiger partial charge in [-0.25, -0.2) is 4.79 Å². The highest BCUT2D eigenvalue weighted by atomic mass is 35.5. The molecule has 0 saturated carbocycles. The molecule has 0 unspecified atom stereocenters. The van der Waals surface area contributed by atoms with E-state index in [0.29, 0.717) is 29.7 Å². The van der Waals surface area contributed by atoms with Gasteiger partial charge in [-0.3, -0.25) is 0 Å². The minimum Gasteiger partial charge on any atom is -0.490 e. The van der Waals surface area contributed by atoms with Crippen LogP contribution in [-0.4, -0.2) is 24.3 Å². The number of para-hydroxylation sites is 1. The molecule has 1 N–H and O–H groups in total. The lowest BCUT2D eigenvalue weighted by Crippen LogP contribution is -2.10. The minimum atomic E-state index is -0.952. The molecular weight excluding hydrogens is 292 g/mol. The fourth-order valence-electron chi connectivity index (χ4n) is 1.81. The lowest BCUT2D eigenvalue weighted by Gasteiger charge is -2.11. The molecule has 21 heavy (non-hydrogen) atoms. The van der Waals surface area contributed by atoms with Crippen molar-refractivity contribution in [3.8, 4) is 11.5 Å². The highest BCUT2D eigenvalue weighted by Crippen LogP contribution is 2.23. The van der Waals surface area contributed by atoms with Gasteiger partial charge in [-0.2, -0.15) is 0 Å². The average molecular weight is 307 g/mol. The van der Waals surface area contributed by atoms with Gasteiger partial charge in [0, 0.05) is 0 Å². The van der Waals surface area contributed by atoms with E-state index in [1.54, 1.807) is 31.2 Å². The van der Waals surface area contributed by atoms with Gasteiger partial charge in [0.15, 0.2) is 0 Å². The summed E-state index contributed by atoms with van der Waals surface area (Å²) in [7, 11) is 0. The molecule has 0 radical (unpaired) electrons. The topological polar surface area (TPSA) is 55.8 Å². The molecular formula is C16H15ClO4. The zero-order valence-electron chi connectivity index (χ0n) is 11.5. The van der Waals surface area contributed by atoms with Gasteiger partial charge < -0.3 is 14.6 Å². The van der Waals surface area contributed by atoms with Crippen molar-refractivity contribution in [2.24, 2.45) is 0 Å². The van der Waals surface area contributed by atoms with E-state index in [1.807, 2.05) is 12.1 Å². The summed E-state index contributed by atoms with van der Waals surface area (Å²) in [5.74, 6) is 0.301. The molecule has 0 bridgehead atoms. The second-order valence-electron chi connectivity index (χ2n) is 4.41. The van der Waals surface area contributed by atoms with Gasteiger partial charge in [0.1, 0.15) is 24.7 Å². The molecule has 0 saturated heterocycles. The van der Waals surface area contributed by atoms with Crippen molar-refractivity contribution in [1.82, 2.24) is 0 Å². The Balaban J connectivity index is 1.87. The normalized spacial score (nSPS) is 10.2. The first-order valence-electron chi connectivity index (χ1n) is 6.42. The van der Waals surface area contributed by atoms with Crippen LogP contribution in [0.15, 0.2) is 42.5 Å². The number of carbonyl (C=O) groups is 1. The van der Waals surface area contributed by atoms with Crippen molar-refractivity contribution in [1.29, 1.82) is 0 Å².